The van der Waals surface area contributed by atoms with Crippen molar-refractivity contribution in [3.63, 3.8) is 0 Å². The van der Waals surface area contributed by atoms with Gasteiger partial charge in [-0.25, -0.2) is 4.79 Å². The van der Waals surface area contributed by atoms with Crippen LogP contribution >= 0.6 is 0 Å². The second-order valence-corrected chi connectivity index (χ2v) is 9.10. The SMILES string of the molecule is C=C(C)C(=O)OC1CCCCCCCCCCCCCCCCCCCCC1. The molecule has 164 valence electrons. The quantitative estimate of drug-likeness (QED) is 0.347. The van der Waals surface area contributed by atoms with E-state index in [0.29, 0.717) is 5.57 Å². The Labute approximate surface area is 175 Å². The molecule has 0 aromatic rings. The van der Waals surface area contributed by atoms with E-state index in [1.807, 2.05) is 0 Å². The Morgan fingerprint density at radius 1 is 0.571 bits per heavy atom. The Morgan fingerprint density at radius 3 is 1.07 bits per heavy atom. The Morgan fingerprint density at radius 2 is 0.821 bits per heavy atom. The highest BCUT2D eigenvalue weighted by Crippen LogP contribution is 2.19. The van der Waals surface area contributed by atoms with Gasteiger partial charge in [-0.2, -0.15) is 0 Å². The molecule has 0 bridgehead atoms. The summed E-state index contributed by atoms with van der Waals surface area (Å²) in [5.41, 5.74) is 0.526. The van der Waals surface area contributed by atoms with Crippen molar-refractivity contribution in [3.05, 3.63) is 12.2 Å². The third kappa shape index (κ3) is 15.2. The first-order chi connectivity index (χ1) is 13.7. The van der Waals surface area contributed by atoms with E-state index in [1.165, 1.54) is 122 Å². The van der Waals surface area contributed by atoms with Gasteiger partial charge in [0, 0.05) is 5.57 Å². The van der Waals surface area contributed by atoms with Crippen LogP contribution in [-0.2, 0) is 9.53 Å². The monoisotopic (exact) mass is 392 g/mol. The van der Waals surface area contributed by atoms with Crippen LogP contribution in [0.1, 0.15) is 142 Å². The van der Waals surface area contributed by atoms with Crippen LogP contribution in [0, 0.1) is 0 Å². The standard InChI is InChI=1S/C26H48O2/c1-24(2)26(27)28-25-22-20-18-16-14-12-10-8-6-4-3-5-7-9-11-13-15-17-19-21-23-25/h25H,1,3-23H2,2H3. The van der Waals surface area contributed by atoms with E-state index in [0.717, 1.165) is 12.8 Å². The molecule has 0 spiro atoms. The molecule has 1 fully saturated rings. The summed E-state index contributed by atoms with van der Waals surface area (Å²) in [5, 5.41) is 0. The summed E-state index contributed by atoms with van der Waals surface area (Å²) < 4.78 is 5.71. The molecule has 0 amide bonds. The van der Waals surface area contributed by atoms with Gasteiger partial charge in [-0.3, -0.25) is 0 Å². The van der Waals surface area contributed by atoms with E-state index in [9.17, 15) is 4.79 Å². The molecule has 1 rings (SSSR count). The highest BCUT2D eigenvalue weighted by atomic mass is 16.5. The van der Waals surface area contributed by atoms with Crippen LogP contribution < -0.4 is 0 Å². The minimum atomic E-state index is -0.202. The molecular formula is C26H48O2. The average molecular weight is 393 g/mol. The fourth-order valence-corrected chi connectivity index (χ4v) is 4.26. The van der Waals surface area contributed by atoms with Crippen molar-refractivity contribution < 1.29 is 9.53 Å². The van der Waals surface area contributed by atoms with Gasteiger partial charge in [0.2, 0.25) is 0 Å². The van der Waals surface area contributed by atoms with Gasteiger partial charge in [-0.15, -0.1) is 0 Å². The van der Waals surface area contributed by atoms with Gasteiger partial charge in [-0.05, 0) is 32.6 Å². The highest BCUT2D eigenvalue weighted by molar-refractivity contribution is 5.87. The molecule has 0 heterocycles. The van der Waals surface area contributed by atoms with Gasteiger partial charge >= 0.3 is 5.97 Å². The number of esters is 1. The maximum atomic E-state index is 11.9. The topological polar surface area (TPSA) is 26.3 Å². The van der Waals surface area contributed by atoms with Crippen molar-refractivity contribution in [1.29, 1.82) is 0 Å². The Kier molecular flexibility index (Phi) is 16.5. The predicted molar refractivity (Wildman–Crippen MR) is 122 cm³/mol. The van der Waals surface area contributed by atoms with Crippen molar-refractivity contribution >= 4 is 5.97 Å². The third-order valence-corrected chi connectivity index (χ3v) is 6.17. The largest absolute Gasteiger partial charge is 0.459 e. The summed E-state index contributed by atoms with van der Waals surface area (Å²) in [5.74, 6) is -0.202. The van der Waals surface area contributed by atoms with Gasteiger partial charge in [0.1, 0.15) is 6.10 Å². The van der Waals surface area contributed by atoms with Crippen molar-refractivity contribution in [2.24, 2.45) is 0 Å². The van der Waals surface area contributed by atoms with Gasteiger partial charge in [-0.1, -0.05) is 116 Å². The fourth-order valence-electron chi connectivity index (χ4n) is 4.26. The van der Waals surface area contributed by atoms with Crippen molar-refractivity contribution in [2.75, 3.05) is 0 Å². The van der Waals surface area contributed by atoms with Crippen LogP contribution in [0.5, 0.6) is 0 Å². The van der Waals surface area contributed by atoms with E-state index < -0.39 is 0 Å². The Hall–Kier alpha value is -0.790. The second kappa shape index (κ2) is 18.3. The molecule has 2 nitrogen and oxygen atoms in total. The molecule has 1 aliphatic rings. The summed E-state index contributed by atoms with van der Waals surface area (Å²) in [6.45, 7) is 5.48. The Bertz CT molecular complexity index is 366. The molecule has 0 aromatic carbocycles. The number of carbonyl (C=O) groups excluding carboxylic acids is 1. The molecule has 1 saturated carbocycles. The number of ether oxygens (including phenoxy) is 1. The fraction of sp³-hybridized carbons (Fsp3) is 0.885. The first-order valence-corrected chi connectivity index (χ1v) is 12.6. The average Bonchev–Trinajstić information content (AvgIpc) is 2.67. The summed E-state index contributed by atoms with van der Waals surface area (Å²) >= 11 is 0. The summed E-state index contributed by atoms with van der Waals surface area (Å²) in [6.07, 6.45) is 28.2. The maximum absolute atomic E-state index is 11.9. The molecule has 2 heteroatoms. The van der Waals surface area contributed by atoms with Gasteiger partial charge in [0.05, 0.1) is 0 Å². The summed E-state index contributed by atoms with van der Waals surface area (Å²) in [7, 11) is 0. The van der Waals surface area contributed by atoms with Crippen LogP contribution in [0.3, 0.4) is 0 Å². The van der Waals surface area contributed by atoms with E-state index in [-0.39, 0.29) is 12.1 Å². The lowest BCUT2D eigenvalue weighted by atomic mass is 10.00. The molecule has 1 aliphatic carbocycles. The zero-order valence-electron chi connectivity index (χ0n) is 19.0. The molecule has 0 atom stereocenters. The lowest BCUT2D eigenvalue weighted by Crippen LogP contribution is -2.18. The summed E-state index contributed by atoms with van der Waals surface area (Å²) in [6, 6.07) is 0. The zero-order valence-corrected chi connectivity index (χ0v) is 19.0. The number of hydrogen-bond donors (Lipinski definition) is 0. The number of carbonyl (C=O) groups is 1. The van der Waals surface area contributed by atoms with Gasteiger partial charge < -0.3 is 4.74 Å². The van der Waals surface area contributed by atoms with Crippen molar-refractivity contribution in [1.82, 2.24) is 0 Å². The Balaban J connectivity index is 2.31. The van der Waals surface area contributed by atoms with Crippen LogP contribution in [-0.4, -0.2) is 12.1 Å². The molecule has 28 heavy (non-hydrogen) atoms. The minimum absolute atomic E-state index is 0.0991. The van der Waals surface area contributed by atoms with Crippen LogP contribution in [0.25, 0.3) is 0 Å². The number of hydrogen-bond acceptors (Lipinski definition) is 2. The van der Waals surface area contributed by atoms with Gasteiger partial charge in [0.15, 0.2) is 0 Å². The van der Waals surface area contributed by atoms with E-state index in [2.05, 4.69) is 6.58 Å². The number of rotatable bonds is 2. The maximum Gasteiger partial charge on any atom is 0.333 e. The van der Waals surface area contributed by atoms with Gasteiger partial charge in [0.25, 0.3) is 0 Å². The van der Waals surface area contributed by atoms with Crippen LogP contribution in [0.2, 0.25) is 0 Å². The first-order valence-electron chi connectivity index (χ1n) is 12.6. The minimum Gasteiger partial charge on any atom is -0.459 e. The summed E-state index contributed by atoms with van der Waals surface area (Å²) in [4.78, 5) is 11.9. The molecule has 0 radical (unpaired) electrons. The lowest BCUT2D eigenvalue weighted by molar-refractivity contribution is -0.145. The normalized spacial score (nSPS) is 21.8. The third-order valence-electron chi connectivity index (χ3n) is 6.17. The molecule has 0 saturated heterocycles. The molecule has 0 aliphatic heterocycles. The smallest absolute Gasteiger partial charge is 0.333 e. The van der Waals surface area contributed by atoms with Crippen molar-refractivity contribution in [2.45, 2.75) is 148 Å². The van der Waals surface area contributed by atoms with E-state index in [4.69, 9.17) is 4.74 Å². The van der Waals surface area contributed by atoms with E-state index in [1.54, 1.807) is 6.92 Å². The molecule has 0 N–H and O–H groups in total. The molecular weight excluding hydrogens is 344 g/mol. The first kappa shape index (κ1) is 25.2. The van der Waals surface area contributed by atoms with Crippen molar-refractivity contribution in [3.8, 4) is 0 Å². The van der Waals surface area contributed by atoms with Crippen LogP contribution in [0.4, 0.5) is 0 Å². The second-order valence-electron chi connectivity index (χ2n) is 9.10. The van der Waals surface area contributed by atoms with Crippen LogP contribution in [0.15, 0.2) is 12.2 Å². The lowest BCUT2D eigenvalue weighted by Gasteiger charge is -2.18. The van der Waals surface area contributed by atoms with E-state index >= 15 is 0 Å². The highest BCUT2D eigenvalue weighted by Gasteiger charge is 2.14. The molecule has 0 aromatic heterocycles. The molecule has 0 unspecified atom stereocenters. The zero-order chi connectivity index (χ0) is 20.3. The predicted octanol–water partition coefficient (Wildman–Crippen LogP) is 8.68.